The lowest BCUT2D eigenvalue weighted by Crippen LogP contribution is -2.62. The van der Waals surface area contributed by atoms with Crippen molar-refractivity contribution in [2.75, 3.05) is 5.75 Å². The molecule has 1 N–H and O–H groups in total. The Morgan fingerprint density at radius 3 is 2.76 bits per heavy atom. The summed E-state index contributed by atoms with van der Waals surface area (Å²) in [4.78, 5) is 26.9. The van der Waals surface area contributed by atoms with Crippen molar-refractivity contribution in [2.45, 2.75) is 56.7 Å². The zero-order chi connectivity index (χ0) is 18.0. The van der Waals surface area contributed by atoms with E-state index in [0.29, 0.717) is 6.42 Å². The first-order valence-corrected chi connectivity index (χ1v) is 9.90. The number of aliphatic hydroxyl groups excluding tert-OH is 1. The van der Waals surface area contributed by atoms with Gasteiger partial charge in [-0.3, -0.25) is 4.79 Å². The highest BCUT2D eigenvalue weighted by molar-refractivity contribution is 7.99. The van der Waals surface area contributed by atoms with Gasteiger partial charge in [0.05, 0.1) is 12.0 Å². The summed E-state index contributed by atoms with van der Waals surface area (Å²) in [6, 6.07) is 9.11. The van der Waals surface area contributed by atoms with Gasteiger partial charge in [0.1, 0.15) is 12.6 Å². The van der Waals surface area contributed by atoms with Crippen molar-refractivity contribution < 1.29 is 19.4 Å². The monoisotopic (exact) mass is 363 g/mol. The van der Waals surface area contributed by atoms with E-state index < -0.39 is 12.1 Å². The van der Waals surface area contributed by atoms with E-state index in [2.05, 4.69) is 6.92 Å². The third kappa shape index (κ3) is 3.70. The van der Waals surface area contributed by atoms with Gasteiger partial charge in [0, 0.05) is 11.3 Å². The number of thioether (sulfide) groups is 1. The molecule has 2 aliphatic heterocycles. The second kappa shape index (κ2) is 7.79. The standard InChI is InChI=1S/C19H25NO4S/c1-3-25-16-10-15-14(9-12(2)21)18(22)20(15)17(16)19(23)24-11-13-7-5-4-6-8-13/h4-8,12,14-17,21H,3,9-11H2,1-2H3. The number of esters is 1. The lowest BCUT2D eigenvalue weighted by molar-refractivity contribution is -0.168. The van der Waals surface area contributed by atoms with Crippen LogP contribution in [0.4, 0.5) is 0 Å². The maximum Gasteiger partial charge on any atom is 0.330 e. The quantitative estimate of drug-likeness (QED) is 0.594. The van der Waals surface area contributed by atoms with Gasteiger partial charge in [0.25, 0.3) is 0 Å². The van der Waals surface area contributed by atoms with Crippen LogP contribution in [0.1, 0.15) is 32.3 Å². The Morgan fingerprint density at radius 1 is 1.40 bits per heavy atom. The zero-order valence-corrected chi connectivity index (χ0v) is 15.4. The Balaban J connectivity index is 1.67. The molecule has 5 atom stereocenters. The molecule has 1 aromatic carbocycles. The summed E-state index contributed by atoms with van der Waals surface area (Å²) in [7, 11) is 0. The van der Waals surface area contributed by atoms with Crippen LogP contribution in [0.25, 0.3) is 0 Å². The third-order valence-corrected chi connectivity index (χ3v) is 6.17. The number of rotatable bonds is 7. The molecular formula is C19H25NO4S. The number of benzene rings is 1. The second-order valence-electron chi connectivity index (χ2n) is 6.77. The summed E-state index contributed by atoms with van der Waals surface area (Å²) in [6.45, 7) is 3.99. The summed E-state index contributed by atoms with van der Waals surface area (Å²) in [6.07, 6.45) is 0.764. The average Bonchev–Trinajstić information content (AvgIpc) is 2.94. The number of carbonyl (C=O) groups is 2. The molecule has 5 nitrogen and oxygen atoms in total. The van der Waals surface area contributed by atoms with Crippen LogP contribution in [-0.4, -0.2) is 51.1 Å². The minimum Gasteiger partial charge on any atom is -0.459 e. The molecule has 0 saturated carbocycles. The largest absolute Gasteiger partial charge is 0.459 e. The Labute approximate surface area is 152 Å². The molecule has 0 aliphatic carbocycles. The van der Waals surface area contributed by atoms with Crippen molar-refractivity contribution in [3.63, 3.8) is 0 Å². The first-order valence-electron chi connectivity index (χ1n) is 8.85. The van der Waals surface area contributed by atoms with Crippen molar-refractivity contribution in [3.8, 4) is 0 Å². The SMILES string of the molecule is CCSC1CC2C(CC(C)O)C(=O)N2C1C(=O)OCc1ccccc1. The van der Waals surface area contributed by atoms with E-state index in [-0.39, 0.29) is 35.7 Å². The minimum absolute atomic E-state index is 0.0215. The van der Waals surface area contributed by atoms with Crippen LogP contribution in [-0.2, 0) is 20.9 Å². The summed E-state index contributed by atoms with van der Waals surface area (Å²) < 4.78 is 5.51. The van der Waals surface area contributed by atoms with E-state index in [1.807, 2.05) is 30.3 Å². The topological polar surface area (TPSA) is 66.8 Å². The van der Waals surface area contributed by atoms with Gasteiger partial charge in [0.15, 0.2) is 0 Å². The van der Waals surface area contributed by atoms with Crippen molar-refractivity contribution in [2.24, 2.45) is 5.92 Å². The Kier molecular flexibility index (Phi) is 5.69. The lowest BCUT2D eigenvalue weighted by Gasteiger charge is -2.45. The first-order chi connectivity index (χ1) is 12.0. The fourth-order valence-electron chi connectivity index (χ4n) is 3.88. The molecule has 2 fully saturated rings. The van der Waals surface area contributed by atoms with E-state index in [1.54, 1.807) is 23.6 Å². The van der Waals surface area contributed by atoms with Crippen LogP contribution in [0.15, 0.2) is 30.3 Å². The maximum absolute atomic E-state index is 12.7. The summed E-state index contributed by atoms with van der Waals surface area (Å²) in [5, 5.41) is 9.68. The molecule has 25 heavy (non-hydrogen) atoms. The highest BCUT2D eigenvalue weighted by Crippen LogP contribution is 2.46. The van der Waals surface area contributed by atoms with Crippen LogP contribution < -0.4 is 0 Å². The summed E-state index contributed by atoms with van der Waals surface area (Å²) >= 11 is 1.71. The van der Waals surface area contributed by atoms with Crippen LogP contribution >= 0.6 is 11.8 Å². The molecule has 1 aromatic rings. The molecule has 136 valence electrons. The molecular weight excluding hydrogens is 338 g/mol. The molecule has 0 aromatic heterocycles. The van der Waals surface area contributed by atoms with Gasteiger partial charge >= 0.3 is 5.97 Å². The van der Waals surface area contributed by atoms with Crippen LogP contribution in [0, 0.1) is 5.92 Å². The second-order valence-corrected chi connectivity index (χ2v) is 8.29. The lowest BCUT2D eigenvalue weighted by atomic mass is 9.84. The van der Waals surface area contributed by atoms with Crippen LogP contribution in [0.2, 0.25) is 0 Å². The molecule has 0 radical (unpaired) electrons. The van der Waals surface area contributed by atoms with Crippen molar-refractivity contribution in [1.82, 2.24) is 4.90 Å². The van der Waals surface area contributed by atoms with E-state index >= 15 is 0 Å². The number of nitrogens with zero attached hydrogens (tertiary/aromatic N) is 1. The molecule has 2 saturated heterocycles. The average molecular weight is 363 g/mol. The first kappa shape index (κ1) is 18.3. The number of hydrogen-bond acceptors (Lipinski definition) is 5. The number of carbonyl (C=O) groups excluding carboxylic acids is 2. The predicted molar refractivity (Wildman–Crippen MR) is 97.0 cm³/mol. The van der Waals surface area contributed by atoms with Gasteiger partial charge in [-0.25, -0.2) is 4.79 Å². The highest BCUT2D eigenvalue weighted by atomic mass is 32.2. The van der Waals surface area contributed by atoms with Gasteiger partial charge in [-0.2, -0.15) is 11.8 Å². The summed E-state index contributed by atoms with van der Waals surface area (Å²) in [5.74, 6) is 0.392. The fourth-order valence-corrected chi connectivity index (χ4v) is 5.06. The number of hydrogen-bond donors (Lipinski definition) is 1. The van der Waals surface area contributed by atoms with Gasteiger partial charge in [-0.15, -0.1) is 0 Å². The molecule has 6 heteroatoms. The van der Waals surface area contributed by atoms with E-state index in [1.165, 1.54) is 0 Å². The number of fused-ring (bicyclic) bond motifs is 1. The van der Waals surface area contributed by atoms with Gasteiger partial charge < -0.3 is 14.7 Å². The van der Waals surface area contributed by atoms with Gasteiger partial charge in [-0.05, 0) is 31.1 Å². The number of β-lactam (4-membered cyclic amide) rings is 1. The summed E-state index contributed by atoms with van der Waals surface area (Å²) in [5.41, 5.74) is 0.937. The van der Waals surface area contributed by atoms with E-state index in [4.69, 9.17) is 4.74 Å². The third-order valence-electron chi connectivity index (χ3n) is 4.96. The molecule has 2 aliphatic rings. The van der Waals surface area contributed by atoms with E-state index in [9.17, 15) is 14.7 Å². The zero-order valence-electron chi connectivity index (χ0n) is 14.6. The molecule has 0 bridgehead atoms. The van der Waals surface area contributed by atoms with Gasteiger partial charge in [0.2, 0.25) is 5.91 Å². The molecule has 1 amide bonds. The number of amides is 1. The predicted octanol–water partition coefficient (Wildman–Crippen LogP) is 2.22. The Hall–Kier alpha value is -1.53. The van der Waals surface area contributed by atoms with Crippen LogP contribution in [0.5, 0.6) is 0 Å². The highest BCUT2D eigenvalue weighted by Gasteiger charge is 2.60. The van der Waals surface area contributed by atoms with Crippen molar-refractivity contribution in [3.05, 3.63) is 35.9 Å². The van der Waals surface area contributed by atoms with Crippen LogP contribution in [0.3, 0.4) is 0 Å². The molecule has 2 heterocycles. The van der Waals surface area contributed by atoms with Crippen molar-refractivity contribution in [1.29, 1.82) is 0 Å². The number of ether oxygens (including phenoxy) is 1. The normalized spacial score (nSPS) is 29.1. The molecule has 0 spiro atoms. The molecule has 3 rings (SSSR count). The number of aliphatic hydroxyl groups is 1. The minimum atomic E-state index is -0.503. The fraction of sp³-hybridized carbons (Fsp3) is 0.579. The Bertz CT molecular complexity index is 621. The van der Waals surface area contributed by atoms with Crippen molar-refractivity contribution >= 4 is 23.6 Å². The van der Waals surface area contributed by atoms with E-state index in [0.717, 1.165) is 17.7 Å². The smallest absolute Gasteiger partial charge is 0.330 e. The molecule has 5 unspecified atom stereocenters. The Morgan fingerprint density at radius 2 is 2.12 bits per heavy atom. The van der Waals surface area contributed by atoms with Gasteiger partial charge in [-0.1, -0.05) is 37.3 Å². The maximum atomic E-state index is 12.7.